The summed E-state index contributed by atoms with van der Waals surface area (Å²) in [5.41, 5.74) is -0.271. The highest BCUT2D eigenvalue weighted by atomic mass is 79.9. The maximum atomic E-state index is 12.1. The predicted molar refractivity (Wildman–Crippen MR) is 56.8 cm³/mol. The van der Waals surface area contributed by atoms with Crippen LogP contribution in [0.2, 0.25) is 0 Å². The molecule has 1 aromatic rings. The lowest BCUT2D eigenvalue weighted by Gasteiger charge is -2.12. The molecule has 0 saturated heterocycles. The van der Waals surface area contributed by atoms with Crippen LogP contribution in [0.3, 0.4) is 0 Å². The van der Waals surface area contributed by atoms with E-state index in [2.05, 4.69) is 25.4 Å². The van der Waals surface area contributed by atoms with Gasteiger partial charge in [0.2, 0.25) is 0 Å². The quantitative estimate of drug-likeness (QED) is 0.801. The standard InChI is InChI=1S/C10H8BrF3O3/c1-2-16-9(15)7-4-3-6(11)5-8(7)17-10(12,13)14/h3-5H,2H2,1H3. The molecule has 0 bridgehead atoms. The summed E-state index contributed by atoms with van der Waals surface area (Å²) in [4.78, 5) is 11.4. The van der Waals surface area contributed by atoms with Crippen molar-refractivity contribution < 1.29 is 27.4 Å². The van der Waals surface area contributed by atoms with Crippen molar-refractivity contribution >= 4 is 21.9 Å². The summed E-state index contributed by atoms with van der Waals surface area (Å²) < 4.78 is 45.1. The Morgan fingerprint density at radius 2 is 2.06 bits per heavy atom. The van der Waals surface area contributed by atoms with E-state index in [1.165, 1.54) is 12.1 Å². The van der Waals surface area contributed by atoms with Gasteiger partial charge in [0.05, 0.1) is 6.61 Å². The van der Waals surface area contributed by atoms with Crippen molar-refractivity contribution in [1.29, 1.82) is 0 Å². The van der Waals surface area contributed by atoms with Crippen LogP contribution >= 0.6 is 15.9 Å². The number of alkyl halides is 3. The number of hydrogen-bond donors (Lipinski definition) is 0. The highest BCUT2D eigenvalue weighted by molar-refractivity contribution is 9.10. The Bertz CT molecular complexity index is 418. The van der Waals surface area contributed by atoms with Crippen LogP contribution in [0.25, 0.3) is 0 Å². The molecule has 1 rings (SSSR count). The van der Waals surface area contributed by atoms with Crippen molar-refractivity contribution in [3.8, 4) is 5.75 Å². The number of esters is 1. The lowest BCUT2D eigenvalue weighted by Crippen LogP contribution is -2.19. The molecule has 0 aliphatic carbocycles. The van der Waals surface area contributed by atoms with Gasteiger partial charge in [-0.25, -0.2) is 4.79 Å². The van der Waals surface area contributed by atoms with Crippen LogP contribution in [-0.2, 0) is 4.74 Å². The molecule has 0 aliphatic heterocycles. The van der Waals surface area contributed by atoms with Crippen molar-refractivity contribution in [3.63, 3.8) is 0 Å². The Balaban J connectivity index is 3.08. The Morgan fingerprint density at radius 1 is 1.41 bits per heavy atom. The monoisotopic (exact) mass is 312 g/mol. The van der Waals surface area contributed by atoms with Crippen LogP contribution in [0.1, 0.15) is 17.3 Å². The summed E-state index contributed by atoms with van der Waals surface area (Å²) in [5.74, 6) is -1.45. The van der Waals surface area contributed by atoms with Gasteiger partial charge in [0.15, 0.2) is 0 Å². The molecule has 0 fully saturated rings. The summed E-state index contributed by atoms with van der Waals surface area (Å²) >= 11 is 2.99. The molecule has 94 valence electrons. The average Bonchev–Trinajstić information content (AvgIpc) is 2.15. The van der Waals surface area contributed by atoms with E-state index < -0.39 is 18.1 Å². The predicted octanol–water partition coefficient (Wildman–Crippen LogP) is 3.52. The maximum Gasteiger partial charge on any atom is 0.573 e. The molecular formula is C10H8BrF3O3. The highest BCUT2D eigenvalue weighted by Gasteiger charge is 2.33. The van der Waals surface area contributed by atoms with Gasteiger partial charge in [0, 0.05) is 4.47 Å². The Hall–Kier alpha value is -1.24. The second-order valence-electron chi connectivity index (χ2n) is 2.91. The summed E-state index contributed by atoms with van der Waals surface area (Å²) in [6, 6.07) is 3.68. The molecule has 0 heterocycles. The third kappa shape index (κ3) is 4.26. The summed E-state index contributed by atoms with van der Waals surface area (Å²) in [5, 5.41) is 0. The van der Waals surface area contributed by atoms with Gasteiger partial charge in [-0.1, -0.05) is 15.9 Å². The first-order valence-corrected chi connectivity index (χ1v) is 5.35. The Labute approximate surface area is 104 Å². The van der Waals surface area contributed by atoms with E-state index in [0.717, 1.165) is 6.07 Å². The van der Waals surface area contributed by atoms with Crippen LogP contribution in [0, 0.1) is 0 Å². The molecule has 1 aromatic carbocycles. The van der Waals surface area contributed by atoms with Crippen LogP contribution < -0.4 is 4.74 Å². The van der Waals surface area contributed by atoms with Crippen LogP contribution in [0.4, 0.5) is 13.2 Å². The highest BCUT2D eigenvalue weighted by Crippen LogP contribution is 2.29. The molecule has 17 heavy (non-hydrogen) atoms. The summed E-state index contributed by atoms with van der Waals surface area (Å²) in [7, 11) is 0. The maximum absolute atomic E-state index is 12.1. The van der Waals surface area contributed by atoms with Gasteiger partial charge in [0.1, 0.15) is 11.3 Å². The van der Waals surface area contributed by atoms with Gasteiger partial charge in [-0.15, -0.1) is 13.2 Å². The fourth-order valence-electron chi connectivity index (χ4n) is 1.08. The first-order valence-electron chi connectivity index (χ1n) is 4.56. The van der Waals surface area contributed by atoms with Gasteiger partial charge in [-0.05, 0) is 25.1 Å². The lowest BCUT2D eigenvalue weighted by molar-refractivity contribution is -0.274. The number of rotatable bonds is 3. The molecule has 7 heteroatoms. The zero-order valence-corrected chi connectivity index (χ0v) is 10.3. The summed E-state index contributed by atoms with van der Waals surface area (Å²) in [6.07, 6.45) is -4.86. The minimum absolute atomic E-state index is 0.0698. The minimum Gasteiger partial charge on any atom is -0.462 e. The SMILES string of the molecule is CCOC(=O)c1ccc(Br)cc1OC(F)(F)F. The molecule has 0 atom stereocenters. The molecule has 0 amide bonds. The number of carbonyl (C=O) groups is 1. The van der Waals surface area contributed by atoms with E-state index in [4.69, 9.17) is 0 Å². The van der Waals surface area contributed by atoms with E-state index in [1.54, 1.807) is 6.92 Å². The fourth-order valence-corrected chi connectivity index (χ4v) is 1.42. The normalized spacial score (nSPS) is 11.1. The molecular weight excluding hydrogens is 305 g/mol. The van der Waals surface area contributed by atoms with Crippen molar-refractivity contribution in [2.45, 2.75) is 13.3 Å². The van der Waals surface area contributed by atoms with Crippen LogP contribution in [0.15, 0.2) is 22.7 Å². The van der Waals surface area contributed by atoms with Crippen molar-refractivity contribution in [1.82, 2.24) is 0 Å². The Kier molecular flexibility index (Phi) is 4.39. The molecule has 0 saturated carbocycles. The number of hydrogen-bond acceptors (Lipinski definition) is 3. The lowest BCUT2D eigenvalue weighted by atomic mass is 10.2. The second kappa shape index (κ2) is 5.39. The van der Waals surface area contributed by atoms with E-state index in [9.17, 15) is 18.0 Å². The number of carbonyl (C=O) groups excluding carboxylic acids is 1. The zero-order chi connectivity index (χ0) is 13.1. The summed E-state index contributed by atoms with van der Waals surface area (Å²) in [6.45, 7) is 1.63. The number of halogens is 4. The van der Waals surface area contributed by atoms with Crippen LogP contribution in [-0.4, -0.2) is 18.9 Å². The Morgan fingerprint density at radius 3 is 2.59 bits per heavy atom. The largest absolute Gasteiger partial charge is 0.573 e. The minimum atomic E-state index is -4.86. The smallest absolute Gasteiger partial charge is 0.462 e. The second-order valence-corrected chi connectivity index (χ2v) is 3.82. The van der Waals surface area contributed by atoms with Gasteiger partial charge in [-0.2, -0.15) is 0 Å². The molecule has 0 radical (unpaired) electrons. The zero-order valence-electron chi connectivity index (χ0n) is 8.68. The van der Waals surface area contributed by atoms with Crippen molar-refractivity contribution in [2.75, 3.05) is 6.61 Å². The van der Waals surface area contributed by atoms with Gasteiger partial charge >= 0.3 is 12.3 Å². The molecule has 0 aliphatic rings. The van der Waals surface area contributed by atoms with Gasteiger partial charge < -0.3 is 9.47 Å². The molecule has 0 aromatic heterocycles. The topological polar surface area (TPSA) is 35.5 Å². The first-order chi connectivity index (χ1) is 7.83. The first kappa shape index (κ1) is 13.8. The van der Waals surface area contributed by atoms with E-state index in [1.807, 2.05) is 0 Å². The van der Waals surface area contributed by atoms with E-state index >= 15 is 0 Å². The average molecular weight is 313 g/mol. The number of benzene rings is 1. The molecule has 0 spiro atoms. The van der Waals surface area contributed by atoms with Gasteiger partial charge in [0.25, 0.3) is 0 Å². The third-order valence-electron chi connectivity index (χ3n) is 1.66. The number of ether oxygens (including phenoxy) is 2. The van der Waals surface area contributed by atoms with Crippen molar-refractivity contribution in [3.05, 3.63) is 28.2 Å². The molecule has 3 nitrogen and oxygen atoms in total. The third-order valence-corrected chi connectivity index (χ3v) is 2.16. The van der Waals surface area contributed by atoms with E-state index in [-0.39, 0.29) is 12.2 Å². The van der Waals surface area contributed by atoms with Gasteiger partial charge in [-0.3, -0.25) is 0 Å². The van der Waals surface area contributed by atoms with Crippen LogP contribution in [0.5, 0.6) is 5.75 Å². The van der Waals surface area contributed by atoms with E-state index in [0.29, 0.717) is 4.47 Å². The van der Waals surface area contributed by atoms with Crippen molar-refractivity contribution in [2.24, 2.45) is 0 Å². The molecule has 0 N–H and O–H groups in total. The molecule has 0 unspecified atom stereocenters. The fraction of sp³-hybridized carbons (Fsp3) is 0.300.